The summed E-state index contributed by atoms with van der Waals surface area (Å²) in [5.74, 6) is 1.33. The van der Waals surface area contributed by atoms with Gasteiger partial charge in [0.2, 0.25) is 0 Å². The van der Waals surface area contributed by atoms with Crippen LogP contribution in [0.25, 0.3) is 10.9 Å². The Morgan fingerprint density at radius 3 is 2.78 bits per heavy atom. The van der Waals surface area contributed by atoms with Crippen molar-refractivity contribution in [3.05, 3.63) is 53.1 Å². The van der Waals surface area contributed by atoms with Gasteiger partial charge in [0, 0.05) is 67.6 Å². The van der Waals surface area contributed by atoms with Crippen LogP contribution in [0.2, 0.25) is 5.02 Å². The van der Waals surface area contributed by atoms with Crippen LogP contribution >= 0.6 is 23.4 Å². The van der Waals surface area contributed by atoms with Crippen molar-refractivity contribution < 1.29 is 13.9 Å². The number of aromatic nitrogens is 1. The zero-order valence-electron chi connectivity index (χ0n) is 20.9. The first kappa shape index (κ1) is 24.9. The number of nitrogens with one attached hydrogen (secondary N) is 2. The number of rotatable bonds is 6. The number of halogens is 1. The van der Waals surface area contributed by atoms with Gasteiger partial charge in [-0.1, -0.05) is 11.6 Å². The number of ether oxygens (including phenoxy) is 1. The second-order valence-corrected chi connectivity index (χ2v) is 11.4. The number of carbonyl (C=O) groups excluding carboxylic acids is 1. The summed E-state index contributed by atoms with van der Waals surface area (Å²) in [4.78, 5) is 25.7. The van der Waals surface area contributed by atoms with E-state index >= 15 is 0 Å². The predicted octanol–water partition coefficient (Wildman–Crippen LogP) is 4.71. The summed E-state index contributed by atoms with van der Waals surface area (Å²) in [6.45, 7) is 6.91. The fourth-order valence-electron chi connectivity index (χ4n) is 5.41. The molecule has 2 N–H and O–H groups in total. The van der Waals surface area contributed by atoms with E-state index in [1.807, 2.05) is 17.0 Å². The maximum Gasteiger partial charge on any atom is 0.289 e. The molecule has 2 aromatic heterocycles. The molecule has 3 aromatic rings. The number of hydrogen-bond donors (Lipinski definition) is 2. The first-order valence-corrected chi connectivity index (χ1v) is 14.4. The van der Waals surface area contributed by atoms with Gasteiger partial charge < -0.3 is 24.4 Å². The van der Waals surface area contributed by atoms with E-state index in [0.29, 0.717) is 30.9 Å². The number of H-pyrrole nitrogens is 1. The van der Waals surface area contributed by atoms with Crippen LogP contribution in [0.5, 0.6) is 0 Å². The number of aromatic amines is 1. The maximum absolute atomic E-state index is 12.6. The molecule has 37 heavy (non-hydrogen) atoms. The molecule has 6 rings (SSSR count). The molecule has 0 radical (unpaired) electrons. The van der Waals surface area contributed by atoms with Crippen molar-refractivity contribution in [2.24, 2.45) is 4.99 Å². The highest BCUT2D eigenvalue weighted by molar-refractivity contribution is 8.14. The summed E-state index contributed by atoms with van der Waals surface area (Å²) in [5.41, 5.74) is 3.15. The monoisotopic (exact) mass is 541 g/mol. The third kappa shape index (κ3) is 5.27. The zero-order valence-corrected chi connectivity index (χ0v) is 22.5. The second kappa shape index (κ2) is 10.7. The van der Waals surface area contributed by atoms with Crippen LogP contribution < -0.4 is 5.32 Å². The Morgan fingerprint density at radius 1 is 1.22 bits per heavy atom. The van der Waals surface area contributed by atoms with Gasteiger partial charge in [-0.15, -0.1) is 11.8 Å². The molecule has 0 aliphatic carbocycles. The van der Waals surface area contributed by atoms with Crippen molar-refractivity contribution in [2.75, 3.05) is 50.5 Å². The largest absolute Gasteiger partial charge is 0.459 e. The molecule has 10 heteroatoms. The van der Waals surface area contributed by atoms with Crippen LogP contribution in [0.15, 0.2) is 46.0 Å². The van der Waals surface area contributed by atoms with E-state index in [0.717, 1.165) is 77.2 Å². The number of nitrogens with zero attached hydrogens (tertiary/aromatic N) is 3. The van der Waals surface area contributed by atoms with Crippen LogP contribution in [0, 0.1) is 0 Å². The Hall–Kier alpha value is -2.46. The van der Waals surface area contributed by atoms with Crippen LogP contribution in [0.1, 0.15) is 36.0 Å². The van der Waals surface area contributed by atoms with E-state index in [9.17, 15) is 4.79 Å². The summed E-state index contributed by atoms with van der Waals surface area (Å²) in [6.07, 6.45) is 3.54. The molecule has 3 aliphatic rings. The van der Waals surface area contributed by atoms with Crippen molar-refractivity contribution in [2.45, 2.75) is 37.9 Å². The Kier molecular flexibility index (Phi) is 7.20. The van der Waals surface area contributed by atoms with Gasteiger partial charge in [0.05, 0.1) is 29.2 Å². The van der Waals surface area contributed by atoms with Gasteiger partial charge in [0.1, 0.15) is 5.04 Å². The minimum atomic E-state index is -0.0291. The van der Waals surface area contributed by atoms with Gasteiger partial charge in [-0.3, -0.25) is 14.7 Å². The van der Waals surface area contributed by atoms with E-state index in [-0.39, 0.29) is 11.9 Å². The van der Waals surface area contributed by atoms with E-state index in [4.69, 9.17) is 25.7 Å². The minimum absolute atomic E-state index is 0.0291. The quantitative estimate of drug-likeness (QED) is 0.470. The molecular formula is C27H32ClN5O3S. The molecule has 2 unspecified atom stereocenters. The molecule has 2 saturated heterocycles. The highest BCUT2D eigenvalue weighted by atomic mass is 35.5. The Labute approximate surface area is 225 Å². The lowest BCUT2D eigenvalue weighted by atomic mass is 10.1. The fourth-order valence-corrected chi connectivity index (χ4v) is 6.80. The van der Waals surface area contributed by atoms with Crippen molar-refractivity contribution in [1.82, 2.24) is 14.8 Å². The average Bonchev–Trinajstić information content (AvgIpc) is 3.69. The number of furan rings is 1. The van der Waals surface area contributed by atoms with Gasteiger partial charge in [-0.25, -0.2) is 0 Å². The standard InChI is InChI=1S/C27H32ClN5O3S/c1-17(32-6-8-33(9-7-32)27(34)24-3-2-10-36-24)23-16-37-26(31-23)22-14-18-13-19(28)15-21(25(18)30-22)29-20-4-11-35-12-5-20/h2-3,10,13-15,17,20,23,29-30H,4-9,11-12,16H2,1H3. The third-order valence-electron chi connectivity index (χ3n) is 7.64. The molecule has 0 spiro atoms. The summed E-state index contributed by atoms with van der Waals surface area (Å²) >= 11 is 8.28. The number of carbonyl (C=O) groups is 1. The fraction of sp³-hybridized carbons (Fsp3) is 0.481. The molecule has 2 atom stereocenters. The summed E-state index contributed by atoms with van der Waals surface area (Å²) in [5, 5.41) is 6.54. The van der Waals surface area contributed by atoms with E-state index in [2.05, 4.69) is 28.2 Å². The van der Waals surface area contributed by atoms with Crippen LogP contribution in [-0.2, 0) is 4.74 Å². The number of fused-ring (bicyclic) bond motifs is 1. The minimum Gasteiger partial charge on any atom is -0.459 e. The van der Waals surface area contributed by atoms with Gasteiger partial charge in [0.25, 0.3) is 5.91 Å². The first-order chi connectivity index (χ1) is 18.0. The normalized spacial score (nSPS) is 22.4. The lowest BCUT2D eigenvalue weighted by Gasteiger charge is -2.39. The summed E-state index contributed by atoms with van der Waals surface area (Å²) in [7, 11) is 0. The van der Waals surface area contributed by atoms with E-state index in [1.54, 1.807) is 30.2 Å². The number of anilines is 1. The highest BCUT2D eigenvalue weighted by Crippen LogP contribution is 2.33. The topological polar surface area (TPSA) is 86.1 Å². The number of benzene rings is 1. The van der Waals surface area contributed by atoms with Gasteiger partial charge >= 0.3 is 0 Å². The molecule has 0 saturated carbocycles. The SMILES string of the molecule is CC(C1CSC(c2cc3cc(Cl)cc(NC4CCOCC4)c3[nH]2)=N1)N1CCN(C(=O)c2ccco2)CC1. The Morgan fingerprint density at radius 2 is 2.03 bits per heavy atom. The maximum atomic E-state index is 12.6. The van der Waals surface area contributed by atoms with E-state index in [1.165, 1.54) is 0 Å². The number of piperazine rings is 1. The van der Waals surface area contributed by atoms with Crippen LogP contribution in [0.3, 0.4) is 0 Å². The molecule has 5 heterocycles. The number of thioether (sulfide) groups is 1. The smallest absolute Gasteiger partial charge is 0.289 e. The first-order valence-electron chi connectivity index (χ1n) is 13.0. The average molecular weight is 542 g/mol. The van der Waals surface area contributed by atoms with Crippen molar-refractivity contribution in [3.63, 3.8) is 0 Å². The van der Waals surface area contributed by atoms with Crippen molar-refractivity contribution in [3.8, 4) is 0 Å². The number of hydrogen-bond acceptors (Lipinski definition) is 7. The van der Waals surface area contributed by atoms with Gasteiger partial charge in [-0.05, 0) is 50.1 Å². The van der Waals surface area contributed by atoms with Crippen molar-refractivity contribution in [1.29, 1.82) is 0 Å². The third-order valence-corrected chi connectivity index (χ3v) is 8.97. The highest BCUT2D eigenvalue weighted by Gasteiger charge is 2.32. The lowest BCUT2D eigenvalue weighted by Crippen LogP contribution is -2.53. The van der Waals surface area contributed by atoms with E-state index < -0.39 is 0 Å². The molecule has 196 valence electrons. The Balaban J connectivity index is 1.13. The summed E-state index contributed by atoms with van der Waals surface area (Å²) in [6, 6.07) is 10.6. The molecule has 0 bridgehead atoms. The predicted molar refractivity (Wildman–Crippen MR) is 149 cm³/mol. The molecule has 1 amide bonds. The van der Waals surface area contributed by atoms with Gasteiger partial charge in [0.15, 0.2) is 5.76 Å². The lowest BCUT2D eigenvalue weighted by molar-refractivity contribution is 0.0540. The van der Waals surface area contributed by atoms with Crippen LogP contribution in [-0.4, -0.2) is 89.0 Å². The summed E-state index contributed by atoms with van der Waals surface area (Å²) < 4.78 is 10.8. The molecular weight excluding hydrogens is 510 g/mol. The Bertz CT molecular complexity index is 1280. The molecule has 8 nitrogen and oxygen atoms in total. The van der Waals surface area contributed by atoms with Gasteiger partial charge in [-0.2, -0.15) is 0 Å². The van der Waals surface area contributed by atoms with Crippen molar-refractivity contribution >= 4 is 50.9 Å². The second-order valence-electron chi connectivity index (χ2n) is 9.99. The zero-order chi connectivity index (χ0) is 25.4. The van der Waals surface area contributed by atoms with Crippen LogP contribution in [0.4, 0.5) is 5.69 Å². The number of aliphatic imine (C=N–C) groups is 1. The molecule has 1 aromatic carbocycles. The molecule has 3 aliphatic heterocycles. The molecule has 2 fully saturated rings. The number of amides is 1.